The summed E-state index contributed by atoms with van der Waals surface area (Å²) in [5.41, 5.74) is 1.64. The number of nitrogens with zero attached hydrogens (tertiary/aromatic N) is 2. The number of benzene rings is 2. The molecule has 0 bridgehead atoms. The Bertz CT molecular complexity index is 852. The standard InChI is InChI=1S/C22H26ClN3O2S/c1-16(2)22(28)26-12-10-25(11-13-26)20-9-8-17(23)14-19(20)24-21(27)15-29-18-6-4-3-5-7-18/h3-9,14,16H,10-13,15H2,1-2H3,(H,24,27). The van der Waals surface area contributed by atoms with Gasteiger partial charge in [-0.05, 0) is 30.3 Å². The Balaban J connectivity index is 1.64. The molecular formula is C22H26ClN3O2S. The minimum absolute atomic E-state index is 0.00838. The Morgan fingerprint density at radius 1 is 1.07 bits per heavy atom. The first-order valence-corrected chi connectivity index (χ1v) is 11.1. The van der Waals surface area contributed by atoms with Gasteiger partial charge in [0.1, 0.15) is 0 Å². The number of thioether (sulfide) groups is 1. The quantitative estimate of drug-likeness (QED) is 0.690. The zero-order valence-corrected chi connectivity index (χ0v) is 18.3. The van der Waals surface area contributed by atoms with Gasteiger partial charge in [-0.1, -0.05) is 43.6 Å². The van der Waals surface area contributed by atoms with Crippen LogP contribution in [0.4, 0.5) is 11.4 Å². The highest BCUT2D eigenvalue weighted by Gasteiger charge is 2.24. The fraction of sp³-hybridized carbons (Fsp3) is 0.364. The molecule has 2 aromatic rings. The molecule has 29 heavy (non-hydrogen) atoms. The van der Waals surface area contributed by atoms with Gasteiger partial charge in [-0.25, -0.2) is 0 Å². The first-order chi connectivity index (χ1) is 13.9. The molecule has 0 saturated carbocycles. The van der Waals surface area contributed by atoms with Crippen molar-refractivity contribution in [1.82, 2.24) is 4.90 Å². The molecule has 1 aliphatic rings. The van der Waals surface area contributed by atoms with Gasteiger partial charge >= 0.3 is 0 Å². The highest BCUT2D eigenvalue weighted by molar-refractivity contribution is 8.00. The molecule has 0 aromatic heterocycles. The molecule has 1 heterocycles. The van der Waals surface area contributed by atoms with Gasteiger partial charge in [-0.2, -0.15) is 0 Å². The number of halogens is 1. The van der Waals surface area contributed by atoms with E-state index in [1.54, 1.807) is 6.07 Å². The van der Waals surface area contributed by atoms with Gasteiger partial charge in [0.05, 0.1) is 17.1 Å². The average Bonchev–Trinajstić information content (AvgIpc) is 2.73. The summed E-state index contributed by atoms with van der Waals surface area (Å²) in [5, 5.41) is 3.58. The number of piperazine rings is 1. The van der Waals surface area contributed by atoms with Crippen LogP contribution in [0.1, 0.15) is 13.8 Å². The summed E-state index contributed by atoms with van der Waals surface area (Å²) in [6, 6.07) is 15.4. The minimum atomic E-state index is -0.0732. The van der Waals surface area contributed by atoms with Gasteiger partial charge in [-0.15, -0.1) is 11.8 Å². The van der Waals surface area contributed by atoms with Crippen molar-refractivity contribution >= 4 is 46.6 Å². The van der Waals surface area contributed by atoms with Gasteiger partial charge in [0.15, 0.2) is 0 Å². The maximum absolute atomic E-state index is 12.5. The summed E-state index contributed by atoms with van der Waals surface area (Å²) >= 11 is 7.68. The predicted molar refractivity (Wildman–Crippen MR) is 121 cm³/mol. The van der Waals surface area contributed by atoms with Crippen molar-refractivity contribution < 1.29 is 9.59 Å². The number of rotatable bonds is 6. The van der Waals surface area contributed by atoms with E-state index in [0.29, 0.717) is 29.6 Å². The van der Waals surface area contributed by atoms with Gasteiger partial charge < -0.3 is 15.1 Å². The van der Waals surface area contributed by atoms with Crippen LogP contribution < -0.4 is 10.2 Å². The molecule has 1 fully saturated rings. The Morgan fingerprint density at radius 3 is 2.41 bits per heavy atom. The zero-order valence-electron chi connectivity index (χ0n) is 16.7. The summed E-state index contributed by atoms with van der Waals surface area (Å²) in [6.45, 7) is 6.65. The van der Waals surface area contributed by atoms with Crippen LogP contribution in [0.25, 0.3) is 0 Å². The minimum Gasteiger partial charge on any atom is -0.366 e. The summed E-state index contributed by atoms with van der Waals surface area (Å²) in [4.78, 5) is 29.9. The second kappa shape index (κ2) is 10.0. The molecule has 1 N–H and O–H groups in total. The van der Waals surface area contributed by atoms with Crippen LogP contribution in [0, 0.1) is 5.92 Å². The van der Waals surface area contributed by atoms with Crippen LogP contribution in [0.2, 0.25) is 5.02 Å². The molecule has 2 amide bonds. The largest absolute Gasteiger partial charge is 0.366 e. The van der Waals surface area contributed by atoms with E-state index in [2.05, 4.69) is 10.2 Å². The number of nitrogens with one attached hydrogen (secondary N) is 1. The number of hydrogen-bond donors (Lipinski definition) is 1. The second-order valence-corrected chi connectivity index (χ2v) is 8.76. The van der Waals surface area contributed by atoms with E-state index in [1.807, 2.05) is 61.2 Å². The van der Waals surface area contributed by atoms with Crippen LogP contribution >= 0.6 is 23.4 Å². The van der Waals surface area contributed by atoms with Crippen molar-refractivity contribution in [2.75, 3.05) is 42.1 Å². The topological polar surface area (TPSA) is 52.7 Å². The summed E-state index contributed by atoms with van der Waals surface area (Å²) < 4.78 is 0. The highest BCUT2D eigenvalue weighted by atomic mass is 35.5. The molecular weight excluding hydrogens is 406 g/mol. The second-order valence-electron chi connectivity index (χ2n) is 7.28. The van der Waals surface area contributed by atoms with Gasteiger partial charge in [0.25, 0.3) is 0 Å². The molecule has 5 nitrogen and oxygen atoms in total. The van der Waals surface area contributed by atoms with E-state index in [1.165, 1.54) is 11.8 Å². The van der Waals surface area contributed by atoms with E-state index in [-0.39, 0.29) is 17.7 Å². The third-order valence-electron chi connectivity index (χ3n) is 4.77. The lowest BCUT2D eigenvalue weighted by Gasteiger charge is -2.37. The van der Waals surface area contributed by atoms with Crippen molar-refractivity contribution in [3.8, 4) is 0 Å². The fourth-order valence-electron chi connectivity index (χ4n) is 3.27. The number of carbonyl (C=O) groups is 2. The van der Waals surface area contributed by atoms with Crippen LogP contribution in [0.3, 0.4) is 0 Å². The maximum atomic E-state index is 12.5. The summed E-state index contributed by atoms with van der Waals surface area (Å²) in [6.07, 6.45) is 0. The van der Waals surface area contributed by atoms with Gasteiger partial charge in [0.2, 0.25) is 11.8 Å². The van der Waals surface area contributed by atoms with Crippen LogP contribution in [-0.4, -0.2) is 48.6 Å². The van der Waals surface area contributed by atoms with Crippen LogP contribution in [0.5, 0.6) is 0 Å². The Labute approximate surface area is 181 Å². The van der Waals surface area contributed by atoms with Crippen LogP contribution in [0.15, 0.2) is 53.4 Å². The molecule has 0 radical (unpaired) electrons. The third-order valence-corrected chi connectivity index (χ3v) is 6.02. The van der Waals surface area contributed by atoms with Crippen LogP contribution in [-0.2, 0) is 9.59 Å². The molecule has 0 aliphatic carbocycles. The van der Waals surface area contributed by atoms with Gasteiger partial charge in [-0.3, -0.25) is 9.59 Å². The lowest BCUT2D eigenvalue weighted by Crippen LogP contribution is -2.50. The lowest BCUT2D eigenvalue weighted by atomic mass is 10.1. The average molecular weight is 432 g/mol. The Kier molecular flexibility index (Phi) is 7.45. The zero-order chi connectivity index (χ0) is 20.8. The van der Waals surface area contributed by atoms with E-state index >= 15 is 0 Å². The predicted octanol–water partition coefficient (Wildman–Crippen LogP) is 4.38. The van der Waals surface area contributed by atoms with Crippen molar-refractivity contribution in [1.29, 1.82) is 0 Å². The van der Waals surface area contributed by atoms with E-state index in [0.717, 1.165) is 23.7 Å². The molecule has 1 aliphatic heterocycles. The smallest absolute Gasteiger partial charge is 0.234 e. The molecule has 0 unspecified atom stereocenters. The monoisotopic (exact) mass is 431 g/mol. The fourth-order valence-corrected chi connectivity index (χ4v) is 4.16. The number of carbonyl (C=O) groups excluding carboxylic acids is 2. The SMILES string of the molecule is CC(C)C(=O)N1CCN(c2ccc(Cl)cc2NC(=O)CSc2ccccc2)CC1. The van der Waals surface area contributed by atoms with E-state index in [4.69, 9.17) is 11.6 Å². The first kappa shape index (κ1) is 21.5. The normalized spacial score (nSPS) is 14.2. The van der Waals surface area contributed by atoms with E-state index < -0.39 is 0 Å². The highest BCUT2D eigenvalue weighted by Crippen LogP contribution is 2.30. The Morgan fingerprint density at radius 2 is 1.76 bits per heavy atom. The van der Waals surface area contributed by atoms with Crippen molar-refractivity contribution in [3.05, 3.63) is 53.6 Å². The first-order valence-electron chi connectivity index (χ1n) is 9.75. The lowest BCUT2D eigenvalue weighted by molar-refractivity contribution is -0.134. The van der Waals surface area contributed by atoms with Crippen molar-refractivity contribution in [2.24, 2.45) is 5.92 Å². The third kappa shape index (κ3) is 5.90. The summed E-state index contributed by atoms with van der Waals surface area (Å²) in [5.74, 6) is 0.448. The summed E-state index contributed by atoms with van der Waals surface area (Å²) in [7, 11) is 0. The molecule has 2 aromatic carbocycles. The van der Waals surface area contributed by atoms with Crippen molar-refractivity contribution in [2.45, 2.75) is 18.7 Å². The van der Waals surface area contributed by atoms with E-state index in [9.17, 15) is 9.59 Å². The molecule has 0 spiro atoms. The number of anilines is 2. The maximum Gasteiger partial charge on any atom is 0.234 e. The van der Waals surface area contributed by atoms with Crippen molar-refractivity contribution in [3.63, 3.8) is 0 Å². The molecule has 154 valence electrons. The molecule has 7 heteroatoms. The van der Waals surface area contributed by atoms with Gasteiger partial charge in [0, 0.05) is 42.0 Å². The Hall–Kier alpha value is -2.18. The molecule has 1 saturated heterocycles. The number of amides is 2. The number of hydrogen-bond acceptors (Lipinski definition) is 4. The molecule has 3 rings (SSSR count). The molecule has 0 atom stereocenters.